The summed E-state index contributed by atoms with van der Waals surface area (Å²) in [6.45, 7) is 6.82. The number of hydrogen-bond acceptors (Lipinski definition) is 5. The molecule has 1 heterocycles. The number of hydrogen-bond donors (Lipinski definition) is 1. The average Bonchev–Trinajstić information content (AvgIpc) is 2.63. The molecule has 2 N–H and O–H groups in total. The molecule has 1 aromatic rings. The highest BCUT2D eigenvalue weighted by molar-refractivity contribution is 5.82. The van der Waals surface area contributed by atoms with E-state index in [1.54, 1.807) is 31.7 Å². The van der Waals surface area contributed by atoms with Gasteiger partial charge in [-0.2, -0.15) is 13.2 Å². The second-order valence-electron chi connectivity index (χ2n) is 8.09. The summed E-state index contributed by atoms with van der Waals surface area (Å²) in [7, 11) is 0. The zero-order valence-corrected chi connectivity index (χ0v) is 17.0. The van der Waals surface area contributed by atoms with Crippen molar-refractivity contribution in [3.05, 3.63) is 29.8 Å². The second kappa shape index (κ2) is 9.02. The van der Waals surface area contributed by atoms with Crippen LogP contribution in [0.25, 0.3) is 0 Å². The molecule has 9 heteroatoms. The van der Waals surface area contributed by atoms with Crippen molar-refractivity contribution in [1.82, 2.24) is 4.90 Å². The smallest absolute Gasteiger partial charge is 0.416 e. The zero-order chi connectivity index (χ0) is 21.8. The molecule has 6 nitrogen and oxygen atoms in total. The number of rotatable bonds is 5. The third-order valence-corrected chi connectivity index (χ3v) is 4.53. The molecule has 162 valence electrons. The molecule has 1 amide bonds. The molecule has 1 fully saturated rings. The lowest BCUT2D eigenvalue weighted by atomic mass is 10.1. The van der Waals surface area contributed by atoms with E-state index in [4.69, 9.17) is 10.5 Å². The molecule has 1 saturated heterocycles. The second-order valence-corrected chi connectivity index (χ2v) is 8.09. The Bertz CT molecular complexity index is 724. The maximum atomic E-state index is 12.9. The lowest BCUT2D eigenvalue weighted by Gasteiger charge is -2.37. The third kappa shape index (κ3) is 6.92. The van der Waals surface area contributed by atoms with E-state index in [0.717, 1.165) is 12.1 Å². The van der Waals surface area contributed by atoms with Gasteiger partial charge in [0.15, 0.2) is 0 Å². The topological polar surface area (TPSA) is 75.9 Å². The molecule has 2 rings (SSSR count). The number of halogens is 3. The molecule has 1 aromatic carbocycles. The van der Waals surface area contributed by atoms with Crippen molar-refractivity contribution in [2.45, 2.75) is 51.4 Å². The van der Waals surface area contributed by atoms with E-state index in [1.807, 2.05) is 4.90 Å². The van der Waals surface area contributed by atoms with Gasteiger partial charge in [-0.25, -0.2) is 0 Å². The summed E-state index contributed by atoms with van der Waals surface area (Å²) in [6, 6.07) is 4.33. The predicted molar refractivity (Wildman–Crippen MR) is 103 cm³/mol. The highest BCUT2D eigenvalue weighted by Gasteiger charge is 2.31. The van der Waals surface area contributed by atoms with Gasteiger partial charge in [0.2, 0.25) is 5.91 Å². The Morgan fingerprint density at radius 2 is 1.76 bits per heavy atom. The fourth-order valence-corrected chi connectivity index (χ4v) is 3.09. The van der Waals surface area contributed by atoms with Crippen molar-refractivity contribution in [3.8, 4) is 0 Å². The number of carbonyl (C=O) groups is 2. The van der Waals surface area contributed by atoms with Gasteiger partial charge < -0.3 is 20.3 Å². The predicted octanol–water partition coefficient (Wildman–Crippen LogP) is 2.80. The monoisotopic (exact) mass is 415 g/mol. The van der Waals surface area contributed by atoms with Crippen LogP contribution in [0.4, 0.5) is 18.9 Å². The van der Waals surface area contributed by atoms with Crippen molar-refractivity contribution in [2.75, 3.05) is 31.1 Å². The first-order valence-corrected chi connectivity index (χ1v) is 9.55. The Morgan fingerprint density at radius 3 is 2.31 bits per heavy atom. The van der Waals surface area contributed by atoms with Gasteiger partial charge in [0.1, 0.15) is 5.60 Å². The molecule has 0 spiro atoms. The number of nitrogens with zero attached hydrogens (tertiary/aromatic N) is 2. The van der Waals surface area contributed by atoms with Gasteiger partial charge in [0, 0.05) is 38.3 Å². The Kier molecular flexibility index (Phi) is 7.15. The normalized spacial score (nSPS) is 16.5. The SMILES string of the molecule is CC(C)(C)OC(=O)CCC(N)C(=O)N1CCN(c2cccc(C(F)(F)F)c2)CC1. The summed E-state index contributed by atoms with van der Waals surface area (Å²) < 4.78 is 43.9. The molecule has 0 radical (unpaired) electrons. The van der Waals surface area contributed by atoms with Crippen LogP contribution in [0.15, 0.2) is 24.3 Å². The number of piperazine rings is 1. The highest BCUT2D eigenvalue weighted by atomic mass is 19.4. The van der Waals surface area contributed by atoms with Crippen LogP contribution in [0, 0.1) is 0 Å². The molecular formula is C20H28F3N3O3. The molecule has 1 atom stereocenters. The van der Waals surface area contributed by atoms with E-state index in [2.05, 4.69) is 0 Å². The summed E-state index contributed by atoms with van der Waals surface area (Å²) in [4.78, 5) is 27.7. The first-order valence-electron chi connectivity index (χ1n) is 9.55. The van der Waals surface area contributed by atoms with E-state index in [9.17, 15) is 22.8 Å². The standard InChI is InChI=1S/C20H28F3N3O3/c1-19(2,3)29-17(27)8-7-16(24)18(28)26-11-9-25(10-12-26)15-6-4-5-14(13-15)20(21,22)23/h4-6,13,16H,7-12,24H2,1-3H3. The first kappa shape index (κ1) is 23.0. The minimum Gasteiger partial charge on any atom is -0.460 e. The lowest BCUT2D eigenvalue weighted by molar-refractivity contribution is -0.155. The van der Waals surface area contributed by atoms with E-state index in [0.29, 0.717) is 31.9 Å². The van der Waals surface area contributed by atoms with Gasteiger partial charge in [0.05, 0.1) is 11.6 Å². The maximum Gasteiger partial charge on any atom is 0.416 e. The number of alkyl halides is 3. The first-order chi connectivity index (χ1) is 13.4. The summed E-state index contributed by atoms with van der Waals surface area (Å²) >= 11 is 0. The average molecular weight is 415 g/mol. The Hall–Kier alpha value is -2.29. The van der Waals surface area contributed by atoms with Gasteiger partial charge >= 0.3 is 12.1 Å². The molecule has 1 aliphatic heterocycles. The summed E-state index contributed by atoms with van der Waals surface area (Å²) in [6.07, 6.45) is -4.16. The summed E-state index contributed by atoms with van der Waals surface area (Å²) in [5.41, 5.74) is 5.12. The van der Waals surface area contributed by atoms with E-state index in [1.165, 1.54) is 6.07 Å². The largest absolute Gasteiger partial charge is 0.460 e. The van der Waals surface area contributed by atoms with Crippen LogP contribution in [0.2, 0.25) is 0 Å². The van der Waals surface area contributed by atoms with E-state index >= 15 is 0 Å². The Balaban J connectivity index is 1.85. The van der Waals surface area contributed by atoms with Crippen molar-refractivity contribution in [3.63, 3.8) is 0 Å². The number of carbonyl (C=O) groups excluding carboxylic acids is 2. The minimum absolute atomic E-state index is 0.0500. The van der Waals surface area contributed by atoms with Crippen molar-refractivity contribution in [1.29, 1.82) is 0 Å². The number of amides is 1. The van der Waals surface area contributed by atoms with Gasteiger partial charge in [-0.05, 0) is 45.4 Å². The maximum absolute atomic E-state index is 12.9. The molecule has 0 aromatic heterocycles. The fourth-order valence-electron chi connectivity index (χ4n) is 3.09. The molecule has 1 aliphatic rings. The fraction of sp³-hybridized carbons (Fsp3) is 0.600. The molecule has 0 bridgehead atoms. The van der Waals surface area contributed by atoms with Crippen LogP contribution in [0.5, 0.6) is 0 Å². The molecule has 1 unspecified atom stereocenters. The zero-order valence-electron chi connectivity index (χ0n) is 17.0. The number of benzene rings is 1. The minimum atomic E-state index is -4.39. The van der Waals surface area contributed by atoms with Crippen LogP contribution in [0.3, 0.4) is 0 Å². The van der Waals surface area contributed by atoms with Crippen molar-refractivity contribution < 1.29 is 27.5 Å². The summed E-state index contributed by atoms with van der Waals surface area (Å²) in [5.74, 6) is -0.674. The number of esters is 1. The van der Waals surface area contributed by atoms with E-state index < -0.39 is 29.4 Å². The quantitative estimate of drug-likeness (QED) is 0.749. The van der Waals surface area contributed by atoms with Crippen LogP contribution in [0.1, 0.15) is 39.2 Å². The molecule has 29 heavy (non-hydrogen) atoms. The van der Waals surface area contributed by atoms with Crippen molar-refractivity contribution >= 4 is 17.6 Å². The van der Waals surface area contributed by atoms with Crippen LogP contribution < -0.4 is 10.6 Å². The van der Waals surface area contributed by atoms with Crippen LogP contribution >= 0.6 is 0 Å². The lowest BCUT2D eigenvalue weighted by Crippen LogP contribution is -2.53. The molecular weight excluding hydrogens is 387 g/mol. The number of nitrogens with two attached hydrogens (primary N) is 1. The molecule has 0 saturated carbocycles. The highest BCUT2D eigenvalue weighted by Crippen LogP contribution is 2.31. The Morgan fingerprint density at radius 1 is 1.14 bits per heavy atom. The van der Waals surface area contributed by atoms with Gasteiger partial charge in [-0.3, -0.25) is 9.59 Å². The van der Waals surface area contributed by atoms with Crippen LogP contribution in [-0.4, -0.2) is 54.6 Å². The van der Waals surface area contributed by atoms with E-state index in [-0.39, 0.29) is 18.7 Å². The number of ether oxygens (including phenoxy) is 1. The Labute approximate surface area is 168 Å². The number of anilines is 1. The third-order valence-electron chi connectivity index (χ3n) is 4.53. The summed E-state index contributed by atoms with van der Waals surface area (Å²) in [5, 5.41) is 0. The van der Waals surface area contributed by atoms with Gasteiger partial charge in [0.25, 0.3) is 0 Å². The van der Waals surface area contributed by atoms with Crippen molar-refractivity contribution in [2.24, 2.45) is 5.73 Å². The van der Waals surface area contributed by atoms with Gasteiger partial charge in [-0.1, -0.05) is 6.07 Å². The molecule has 0 aliphatic carbocycles. The van der Waals surface area contributed by atoms with Crippen LogP contribution in [-0.2, 0) is 20.5 Å². The van der Waals surface area contributed by atoms with Gasteiger partial charge in [-0.15, -0.1) is 0 Å².